The number of hydrogen-bond acceptors (Lipinski definition) is 5. The number of para-hydroxylation sites is 1. The van der Waals surface area contributed by atoms with Gasteiger partial charge in [0.15, 0.2) is 0 Å². The van der Waals surface area contributed by atoms with E-state index in [1.807, 2.05) is 31.2 Å². The van der Waals surface area contributed by atoms with Gasteiger partial charge in [-0.3, -0.25) is 10.1 Å². The lowest BCUT2D eigenvalue weighted by Gasteiger charge is -2.12. The molecule has 2 rings (SSSR count). The van der Waals surface area contributed by atoms with Crippen LogP contribution >= 0.6 is 11.8 Å². The van der Waals surface area contributed by atoms with Gasteiger partial charge in [-0.1, -0.05) is 17.3 Å². The molecule has 0 aliphatic carbocycles. The van der Waals surface area contributed by atoms with Crippen molar-refractivity contribution in [2.45, 2.75) is 24.0 Å². The molecule has 1 aromatic carbocycles. The minimum absolute atomic E-state index is 0.142. The molecule has 1 aromatic heterocycles. The summed E-state index contributed by atoms with van der Waals surface area (Å²) >= 11 is 1.43. The number of nitrogens with one attached hydrogen (secondary N) is 1. The average Bonchev–Trinajstić information content (AvgIpc) is 2.84. The summed E-state index contributed by atoms with van der Waals surface area (Å²) in [6, 6.07) is 9.28. The zero-order valence-corrected chi connectivity index (χ0v) is 12.4. The van der Waals surface area contributed by atoms with Gasteiger partial charge in [0.2, 0.25) is 11.8 Å². The highest BCUT2D eigenvalue weighted by Gasteiger charge is 2.17. The van der Waals surface area contributed by atoms with Gasteiger partial charge in [-0.25, -0.2) is 0 Å². The predicted molar refractivity (Wildman–Crippen MR) is 78.2 cm³/mol. The van der Waals surface area contributed by atoms with Crippen molar-refractivity contribution in [1.82, 2.24) is 5.16 Å². The van der Waals surface area contributed by atoms with Crippen molar-refractivity contribution in [2.24, 2.45) is 0 Å². The first-order valence-corrected chi connectivity index (χ1v) is 7.02. The molecule has 2 aromatic rings. The van der Waals surface area contributed by atoms with Gasteiger partial charge in [0.1, 0.15) is 5.75 Å². The minimum atomic E-state index is -0.281. The van der Waals surface area contributed by atoms with Crippen LogP contribution in [0.15, 0.2) is 39.8 Å². The number of rotatable bonds is 5. The van der Waals surface area contributed by atoms with Gasteiger partial charge in [-0.2, -0.15) is 0 Å². The summed E-state index contributed by atoms with van der Waals surface area (Å²) in [6.07, 6.45) is 0. The largest absolute Gasteiger partial charge is 0.496 e. The highest BCUT2D eigenvalue weighted by Crippen LogP contribution is 2.32. The molecular formula is C14H16N2O3S. The van der Waals surface area contributed by atoms with Gasteiger partial charge in [0.05, 0.1) is 22.9 Å². The van der Waals surface area contributed by atoms with E-state index in [-0.39, 0.29) is 11.2 Å². The molecule has 0 saturated carbocycles. The lowest BCUT2D eigenvalue weighted by atomic mass is 10.3. The van der Waals surface area contributed by atoms with Crippen molar-refractivity contribution in [1.29, 1.82) is 0 Å². The zero-order chi connectivity index (χ0) is 14.5. The second-order valence-corrected chi connectivity index (χ2v) is 5.62. The van der Waals surface area contributed by atoms with Crippen molar-refractivity contribution in [3.63, 3.8) is 0 Å². The van der Waals surface area contributed by atoms with E-state index < -0.39 is 0 Å². The van der Waals surface area contributed by atoms with E-state index in [4.69, 9.17) is 9.26 Å². The lowest BCUT2D eigenvalue weighted by molar-refractivity contribution is -0.115. The molecule has 1 N–H and O–H groups in total. The maximum Gasteiger partial charge on any atom is 0.239 e. The number of anilines is 1. The number of aromatic nitrogens is 1. The summed E-state index contributed by atoms with van der Waals surface area (Å²) in [5, 5.41) is 6.13. The first kappa shape index (κ1) is 14.5. The first-order valence-electron chi connectivity index (χ1n) is 6.14. The molecule has 6 heteroatoms. The minimum Gasteiger partial charge on any atom is -0.496 e. The summed E-state index contributed by atoms with van der Waals surface area (Å²) in [5.41, 5.74) is 0.727. The molecule has 0 aliphatic rings. The number of amides is 1. The van der Waals surface area contributed by atoms with Crippen molar-refractivity contribution in [2.75, 3.05) is 12.4 Å². The van der Waals surface area contributed by atoms with Crippen LogP contribution in [-0.2, 0) is 4.79 Å². The fraction of sp³-hybridized carbons (Fsp3) is 0.286. The molecule has 1 amide bonds. The Balaban J connectivity index is 2.00. The highest BCUT2D eigenvalue weighted by atomic mass is 32.2. The number of aryl methyl sites for hydroxylation is 1. The molecule has 0 fully saturated rings. The van der Waals surface area contributed by atoms with Crippen LogP contribution in [0.4, 0.5) is 5.88 Å². The standard InChI is InChI=1S/C14H16N2O3S/c1-9-8-13(19-16-9)15-14(17)10(2)20-12-7-5-4-6-11(12)18-3/h4-8,10H,1-3H3,(H,15,17). The number of methoxy groups -OCH3 is 1. The third kappa shape index (κ3) is 3.54. The Kier molecular flexibility index (Phi) is 4.68. The normalized spacial score (nSPS) is 11.9. The third-order valence-electron chi connectivity index (χ3n) is 2.62. The summed E-state index contributed by atoms with van der Waals surface area (Å²) in [7, 11) is 1.61. The van der Waals surface area contributed by atoms with Crippen molar-refractivity contribution < 1.29 is 14.1 Å². The Morgan fingerprint density at radius 2 is 2.20 bits per heavy atom. The van der Waals surface area contributed by atoms with Crippen molar-refractivity contribution in [3.05, 3.63) is 36.0 Å². The van der Waals surface area contributed by atoms with Crippen LogP contribution in [0.1, 0.15) is 12.6 Å². The van der Waals surface area contributed by atoms with E-state index in [1.54, 1.807) is 20.1 Å². The van der Waals surface area contributed by atoms with Crippen LogP contribution in [0.25, 0.3) is 0 Å². The summed E-state index contributed by atoms with van der Waals surface area (Å²) in [5.74, 6) is 0.977. The SMILES string of the molecule is COc1ccccc1SC(C)C(=O)Nc1cc(C)no1. The number of benzene rings is 1. The molecule has 0 bridgehead atoms. The van der Waals surface area contributed by atoms with Gasteiger partial charge in [0.25, 0.3) is 0 Å². The highest BCUT2D eigenvalue weighted by molar-refractivity contribution is 8.00. The molecule has 1 atom stereocenters. The summed E-state index contributed by atoms with van der Waals surface area (Å²) in [4.78, 5) is 13.0. The maximum atomic E-state index is 12.1. The van der Waals surface area contributed by atoms with Gasteiger partial charge in [0, 0.05) is 6.07 Å². The van der Waals surface area contributed by atoms with Crippen LogP contribution in [-0.4, -0.2) is 23.4 Å². The molecule has 0 saturated heterocycles. The smallest absolute Gasteiger partial charge is 0.239 e. The zero-order valence-electron chi connectivity index (χ0n) is 11.5. The Labute approximate surface area is 121 Å². The van der Waals surface area contributed by atoms with Crippen molar-refractivity contribution in [3.8, 4) is 5.75 Å². The molecule has 1 unspecified atom stereocenters. The van der Waals surface area contributed by atoms with Crippen LogP contribution in [0.3, 0.4) is 0 Å². The molecule has 0 aliphatic heterocycles. The number of carbonyl (C=O) groups excluding carboxylic acids is 1. The second-order valence-electron chi connectivity index (χ2n) is 4.23. The molecule has 106 valence electrons. The molecule has 0 radical (unpaired) electrons. The third-order valence-corrected chi connectivity index (χ3v) is 3.78. The second kappa shape index (κ2) is 6.47. The van der Waals surface area contributed by atoms with Gasteiger partial charge < -0.3 is 9.26 Å². The van der Waals surface area contributed by atoms with Crippen LogP contribution < -0.4 is 10.1 Å². The summed E-state index contributed by atoms with van der Waals surface area (Å²) in [6.45, 7) is 3.63. The van der Waals surface area contributed by atoms with Crippen LogP contribution in [0.5, 0.6) is 5.75 Å². The fourth-order valence-corrected chi connectivity index (χ4v) is 2.58. The predicted octanol–water partition coefficient (Wildman–Crippen LogP) is 3.11. The topological polar surface area (TPSA) is 64.4 Å². The Hall–Kier alpha value is -1.95. The van der Waals surface area contributed by atoms with Crippen molar-refractivity contribution >= 4 is 23.6 Å². The van der Waals surface area contributed by atoms with E-state index in [9.17, 15) is 4.79 Å². The molecule has 20 heavy (non-hydrogen) atoms. The van der Waals surface area contributed by atoms with E-state index in [0.717, 1.165) is 16.3 Å². The number of ether oxygens (including phenoxy) is 1. The van der Waals surface area contributed by atoms with Crippen LogP contribution in [0.2, 0.25) is 0 Å². The Bertz CT molecular complexity index is 598. The fourth-order valence-electron chi connectivity index (χ4n) is 1.61. The monoisotopic (exact) mass is 292 g/mol. The van der Waals surface area contributed by atoms with E-state index in [2.05, 4.69) is 10.5 Å². The summed E-state index contributed by atoms with van der Waals surface area (Å²) < 4.78 is 10.2. The molecule has 5 nitrogen and oxygen atoms in total. The van der Waals surface area contributed by atoms with E-state index in [0.29, 0.717) is 5.88 Å². The maximum absolute atomic E-state index is 12.1. The quantitative estimate of drug-likeness (QED) is 0.858. The number of nitrogens with zero attached hydrogens (tertiary/aromatic N) is 1. The van der Waals surface area contributed by atoms with Gasteiger partial charge in [-0.05, 0) is 26.0 Å². The van der Waals surface area contributed by atoms with Gasteiger partial charge in [-0.15, -0.1) is 11.8 Å². The van der Waals surface area contributed by atoms with Crippen LogP contribution in [0, 0.1) is 6.92 Å². The number of thioether (sulfide) groups is 1. The molecule has 1 heterocycles. The van der Waals surface area contributed by atoms with Gasteiger partial charge >= 0.3 is 0 Å². The lowest BCUT2D eigenvalue weighted by Crippen LogP contribution is -2.22. The van der Waals surface area contributed by atoms with E-state index in [1.165, 1.54) is 11.8 Å². The Morgan fingerprint density at radius 1 is 1.45 bits per heavy atom. The average molecular weight is 292 g/mol. The first-order chi connectivity index (χ1) is 9.60. The molecular weight excluding hydrogens is 276 g/mol. The molecule has 0 spiro atoms. The van der Waals surface area contributed by atoms with E-state index >= 15 is 0 Å². The number of carbonyl (C=O) groups is 1. The number of hydrogen-bond donors (Lipinski definition) is 1. The Morgan fingerprint density at radius 3 is 2.85 bits per heavy atom.